The predicted octanol–water partition coefficient (Wildman–Crippen LogP) is 2.53. The molecule has 1 unspecified atom stereocenters. The van der Waals surface area contributed by atoms with E-state index < -0.39 is 0 Å². The van der Waals surface area contributed by atoms with Crippen LogP contribution in [0.1, 0.15) is 0 Å². The van der Waals surface area contributed by atoms with Gasteiger partial charge in [0, 0.05) is 22.5 Å². The van der Waals surface area contributed by atoms with Crippen LogP contribution in [0.4, 0.5) is 0 Å². The fourth-order valence-electron chi connectivity index (χ4n) is 0.456. The van der Waals surface area contributed by atoms with Crippen molar-refractivity contribution in [1.82, 2.24) is 0 Å². The highest BCUT2D eigenvalue weighted by Crippen LogP contribution is 2.19. The highest BCUT2D eigenvalue weighted by Gasteiger charge is 2.04. The van der Waals surface area contributed by atoms with Crippen LogP contribution in [-0.4, -0.2) is 28.3 Å². The van der Waals surface area contributed by atoms with Crippen molar-refractivity contribution in [2.75, 3.05) is 23.0 Å². The molecule has 0 saturated heterocycles. The molecule has 0 nitrogen and oxygen atoms in total. The fraction of sp³-hybridized carbons (Fsp3) is 1.00. The van der Waals surface area contributed by atoms with Gasteiger partial charge in [-0.3, -0.25) is 0 Å². The molecule has 0 N–H and O–H groups in total. The largest absolute Gasteiger partial charge is 0.179 e. The summed E-state index contributed by atoms with van der Waals surface area (Å²) in [5.41, 5.74) is 0. The summed E-state index contributed by atoms with van der Waals surface area (Å²) in [7, 11) is 1.58. The number of thioether (sulfide) groups is 1. The average Bonchev–Trinajstić information content (AvgIpc) is 1.98. The Balaban J connectivity index is 3.21. The second-order valence-corrected chi connectivity index (χ2v) is 5.28. The molecule has 0 aromatic carbocycles. The normalized spacial score (nSPS) is 13.5. The first kappa shape index (κ1) is 11.8. The van der Waals surface area contributed by atoms with Gasteiger partial charge in [-0.05, 0) is 5.75 Å². The van der Waals surface area contributed by atoms with Crippen molar-refractivity contribution in [3.63, 3.8) is 0 Å². The summed E-state index contributed by atoms with van der Waals surface area (Å²) in [4.78, 5) is 0. The minimum absolute atomic E-state index is 0.637. The zero-order valence-corrected chi connectivity index (χ0v) is 9.88. The number of thiol groups is 3. The van der Waals surface area contributed by atoms with E-state index in [9.17, 15) is 0 Å². The van der Waals surface area contributed by atoms with Crippen LogP contribution in [0.5, 0.6) is 0 Å². The molecule has 0 aromatic heterocycles. The van der Waals surface area contributed by atoms with Crippen LogP contribution >= 0.6 is 59.5 Å². The summed E-state index contributed by atoms with van der Waals surface area (Å²) in [5.74, 6) is 4.08. The Morgan fingerprint density at radius 2 is 2.00 bits per heavy atom. The molecule has 0 aliphatic rings. The standard InChI is InChI=1S/C5H12S5/c6-1-2-9-5(3-7)4-10-8/h5-8H,1-4H2. The Morgan fingerprint density at radius 3 is 2.40 bits per heavy atom. The molecule has 1 atom stereocenters. The summed E-state index contributed by atoms with van der Waals surface area (Å²) >= 11 is 14.4. The molecule has 10 heavy (non-hydrogen) atoms. The first-order valence-corrected chi connectivity index (χ1v) is 7.30. The first-order chi connectivity index (χ1) is 4.85. The van der Waals surface area contributed by atoms with Gasteiger partial charge in [-0.25, -0.2) is 0 Å². The SMILES string of the molecule is SCCSC(CS)CSS. The van der Waals surface area contributed by atoms with Crippen molar-refractivity contribution >= 4 is 59.5 Å². The maximum atomic E-state index is 4.23. The van der Waals surface area contributed by atoms with Crippen LogP contribution in [-0.2, 0) is 0 Å². The van der Waals surface area contributed by atoms with Gasteiger partial charge in [-0.2, -0.15) is 37.0 Å². The van der Waals surface area contributed by atoms with E-state index in [1.807, 2.05) is 11.8 Å². The molecule has 0 spiro atoms. The molecule has 0 aliphatic heterocycles. The summed E-state index contributed by atoms with van der Waals surface area (Å²) < 4.78 is 0. The zero-order chi connectivity index (χ0) is 7.82. The summed E-state index contributed by atoms with van der Waals surface area (Å²) in [6.45, 7) is 0. The second kappa shape index (κ2) is 8.84. The van der Waals surface area contributed by atoms with Crippen LogP contribution in [0.15, 0.2) is 0 Å². The topological polar surface area (TPSA) is 0 Å². The third-order valence-electron chi connectivity index (χ3n) is 0.909. The van der Waals surface area contributed by atoms with E-state index in [0.717, 1.165) is 23.0 Å². The van der Waals surface area contributed by atoms with Crippen molar-refractivity contribution in [2.45, 2.75) is 5.25 Å². The molecular formula is C5H12S5. The molecule has 0 radical (unpaired) electrons. The number of hydrogen-bond donors (Lipinski definition) is 3. The lowest BCUT2D eigenvalue weighted by atomic mass is 10.5. The van der Waals surface area contributed by atoms with Gasteiger partial charge in [0.05, 0.1) is 0 Å². The van der Waals surface area contributed by atoms with Gasteiger partial charge in [-0.15, -0.1) is 11.7 Å². The molecule has 0 aliphatic carbocycles. The molecule has 0 saturated carbocycles. The van der Waals surface area contributed by atoms with E-state index in [1.54, 1.807) is 10.8 Å². The van der Waals surface area contributed by atoms with Crippen LogP contribution in [0.25, 0.3) is 0 Å². The van der Waals surface area contributed by atoms with Gasteiger partial charge in [-0.1, -0.05) is 10.8 Å². The van der Waals surface area contributed by atoms with Gasteiger partial charge in [0.15, 0.2) is 0 Å². The third-order valence-corrected chi connectivity index (χ3v) is 4.58. The van der Waals surface area contributed by atoms with Crippen LogP contribution in [0.3, 0.4) is 0 Å². The maximum Gasteiger partial charge on any atom is 0.0234 e. The molecule has 5 heteroatoms. The van der Waals surface area contributed by atoms with E-state index in [0.29, 0.717) is 5.25 Å². The zero-order valence-electron chi connectivity index (χ0n) is 5.56. The second-order valence-electron chi connectivity index (χ2n) is 1.69. The highest BCUT2D eigenvalue weighted by atomic mass is 33.1. The molecule has 0 amide bonds. The van der Waals surface area contributed by atoms with Crippen LogP contribution in [0, 0.1) is 0 Å². The summed E-state index contributed by atoms with van der Waals surface area (Å²) in [5, 5.41) is 0.637. The van der Waals surface area contributed by atoms with Gasteiger partial charge >= 0.3 is 0 Å². The van der Waals surface area contributed by atoms with E-state index in [-0.39, 0.29) is 0 Å². The highest BCUT2D eigenvalue weighted by molar-refractivity contribution is 8.68. The van der Waals surface area contributed by atoms with Crippen molar-refractivity contribution in [3.05, 3.63) is 0 Å². The molecule has 0 bridgehead atoms. The number of hydrogen-bond acceptors (Lipinski definition) is 5. The molecule has 0 rings (SSSR count). The Kier molecular flexibility index (Phi) is 10.4. The Labute approximate surface area is 87.3 Å². The first-order valence-electron chi connectivity index (χ1n) is 2.94. The summed E-state index contributed by atoms with van der Waals surface area (Å²) in [6.07, 6.45) is 0. The van der Waals surface area contributed by atoms with E-state index >= 15 is 0 Å². The molecule has 0 fully saturated rings. The van der Waals surface area contributed by atoms with Gasteiger partial charge < -0.3 is 0 Å². The lowest BCUT2D eigenvalue weighted by Crippen LogP contribution is -2.08. The van der Waals surface area contributed by atoms with Crippen LogP contribution in [0.2, 0.25) is 0 Å². The molecule has 62 valence electrons. The van der Waals surface area contributed by atoms with E-state index in [1.165, 1.54) is 0 Å². The average molecular weight is 232 g/mol. The summed E-state index contributed by atoms with van der Waals surface area (Å²) in [6, 6.07) is 0. The van der Waals surface area contributed by atoms with Crippen LogP contribution < -0.4 is 0 Å². The Bertz CT molecular complexity index is 67.1. The smallest absolute Gasteiger partial charge is 0.0234 e. The molecular weight excluding hydrogens is 220 g/mol. The number of rotatable bonds is 6. The quantitative estimate of drug-likeness (QED) is 0.476. The fourth-order valence-corrected chi connectivity index (χ4v) is 3.65. The van der Waals surface area contributed by atoms with E-state index in [4.69, 9.17) is 0 Å². The van der Waals surface area contributed by atoms with Crippen molar-refractivity contribution in [1.29, 1.82) is 0 Å². The van der Waals surface area contributed by atoms with Crippen molar-refractivity contribution in [3.8, 4) is 0 Å². The Hall–Kier alpha value is 1.75. The van der Waals surface area contributed by atoms with E-state index in [2.05, 4.69) is 36.9 Å². The van der Waals surface area contributed by atoms with Crippen molar-refractivity contribution in [2.24, 2.45) is 0 Å². The third kappa shape index (κ3) is 6.46. The lowest BCUT2D eigenvalue weighted by Gasteiger charge is -2.10. The minimum atomic E-state index is 0.637. The van der Waals surface area contributed by atoms with Gasteiger partial charge in [0.2, 0.25) is 0 Å². The minimum Gasteiger partial charge on any atom is -0.179 e. The molecule has 0 heterocycles. The molecule has 0 aromatic rings. The monoisotopic (exact) mass is 232 g/mol. The van der Waals surface area contributed by atoms with Gasteiger partial charge in [0.1, 0.15) is 0 Å². The Morgan fingerprint density at radius 1 is 1.30 bits per heavy atom. The lowest BCUT2D eigenvalue weighted by molar-refractivity contribution is 1.16. The predicted molar refractivity (Wildman–Crippen MR) is 65.4 cm³/mol. The van der Waals surface area contributed by atoms with Crippen molar-refractivity contribution < 1.29 is 0 Å². The van der Waals surface area contributed by atoms with Gasteiger partial charge in [0.25, 0.3) is 0 Å². The maximum absolute atomic E-state index is 4.23.